The van der Waals surface area contributed by atoms with Crippen molar-refractivity contribution in [3.8, 4) is 0 Å². The lowest BCUT2D eigenvalue weighted by Gasteiger charge is -2.19. The molecule has 0 bridgehead atoms. The van der Waals surface area contributed by atoms with Gasteiger partial charge in [0.1, 0.15) is 5.60 Å². The Hall–Kier alpha value is -1.36. The summed E-state index contributed by atoms with van der Waals surface area (Å²) in [6, 6.07) is 1.47. The Balaban J connectivity index is 3.26. The fourth-order valence-electron chi connectivity index (χ4n) is 1.15. The fraction of sp³-hybridized carbons (Fsp3) is 0.364. The number of halogens is 3. The van der Waals surface area contributed by atoms with Crippen LogP contribution in [-0.2, 0) is 0 Å². The minimum atomic E-state index is -1.79. The van der Waals surface area contributed by atoms with E-state index in [9.17, 15) is 23.1 Å². The highest BCUT2D eigenvalue weighted by Gasteiger charge is 2.32. The highest BCUT2D eigenvalue weighted by molar-refractivity contribution is 6.02. The van der Waals surface area contributed by atoms with Crippen LogP contribution in [0, 0.1) is 17.5 Å². The summed E-state index contributed by atoms with van der Waals surface area (Å²) in [6.45, 7) is 2.71. The summed E-state index contributed by atoms with van der Waals surface area (Å²) in [7, 11) is 0. The van der Waals surface area contributed by atoms with Gasteiger partial charge in [-0.1, -0.05) is 6.92 Å². The Bertz CT molecular complexity index is 427. The molecule has 1 unspecified atom stereocenters. The molecule has 88 valence electrons. The third kappa shape index (κ3) is 2.09. The van der Waals surface area contributed by atoms with Crippen molar-refractivity contribution in [2.75, 3.05) is 0 Å². The van der Waals surface area contributed by atoms with Crippen LogP contribution in [0.4, 0.5) is 13.2 Å². The zero-order valence-corrected chi connectivity index (χ0v) is 8.85. The van der Waals surface area contributed by atoms with Crippen molar-refractivity contribution >= 4 is 5.78 Å². The number of aliphatic hydroxyl groups is 1. The third-order valence-corrected chi connectivity index (χ3v) is 2.46. The summed E-state index contributed by atoms with van der Waals surface area (Å²) in [5.74, 6) is -5.62. The molecule has 1 aromatic rings. The molecule has 1 rings (SSSR count). The van der Waals surface area contributed by atoms with Gasteiger partial charge in [-0.25, -0.2) is 13.2 Å². The van der Waals surface area contributed by atoms with Gasteiger partial charge < -0.3 is 5.11 Å². The lowest BCUT2D eigenvalue weighted by molar-refractivity contribution is 0.0385. The van der Waals surface area contributed by atoms with E-state index in [4.69, 9.17) is 0 Å². The first-order valence-corrected chi connectivity index (χ1v) is 4.72. The maximum Gasteiger partial charge on any atom is 0.197 e. The number of rotatable bonds is 3. The van der Waals surface area contributed by atoms with Crippen molar-refractivity contribution in [1.82, 2.24) is 0 Å². The Labute approximate surface area is 90.7 Å². The molecule has 0 spiro atoms. The number of carbonyl (C=O) groups excluding carboxylic acids is 1. The second-order valence-electron chi connectivity index (χ2n) is 3.68. The van der Waals surface area contributed by atoms with Gasteiger partial charge in [0.05, 0.1) is 5.56 Å². The molecule has 0 heterocycles. The topological polar surface area (TPSA) is 37.3 Å². The molecule has 0 saturated carbocycles. The molecule has 0 fully saturated rings. The van der Waals surface area contributed by atoms with Crippen molar-refractivity contribution < 1.29 is 23.1 Å². The summed E-state index contributed by atoms with van der Waals surface area (Å²) in [4.78, 5) is 11.6. The van der Waals surface area contributed by atoms with E-state index in [1.807, 2.05) is 0 Å². The van der Waals surface area contributed by atoms with Crippen molar-refractivity contribution in [3.63, 3.8) is 0 Å². The van der Waals surface area contributed by atoms with Crippen LogP contribution in [-0.4, -0.2) is 16.5 Å². The Kier molecular flexibility index (Phi) is 3.38. The molecule has 1 N–H and O–H groups in total. The second kappa shape index (κ2) is 4.25. The third-order valence-electron chi connectivity index (χ3n) is 2.46. The van der Waals surface area contributed by atoms with Crippen molar-refractivity contribution in [3.05, 3.63) is 35.1 Å². The van der Waals surface area contributed by atoms with E-state index in [0.717, 1.165) is 6.07 Å². The van der Waals surface area contributed by atoms with Gasteiger partial charge in [0.15, 0.2) is 23.2 Å². The molecule has 0 amide bonds. The number of hydrogen-bond donors (Lipinski definition) is 1. The average molecular weight is 232 g/mol. The summed E-state index contributed by atoms with van der Waals surface area (Å²) in [6.07, 6.45) is 0.0459. The first-order valence-electron chi connectivity index (χ1n) is 4.72. The van der Waals surface area contributed by atoms with Gasteiger partial charge in [0.2, 0.25) is 0 Å². The van der Waals surface area contributed by atoms with E-state index in [0.29, 0.717) is 6.07 Å². The first-order chi connectivity index (χ1) is 7.31. The summed E-state index contributed by atoms with van der Waals surface area (Å²) in [5.41, 5.74) is -2.43. The van der Waals surface area contributed by atoms with Crippen LogP contribution in [0.25, 0.3) is 0 Å². The van der Waals surface area contributed by atoms with E-state index in [2.05, 4.69) is 0 Å². The van der Waals surface area contributed by atoms with Crippen LogP contribution in [0.2, 0.25) is 0 Å². The summed E-state index contributed by atoms with van der Waals surface area (Å²) < 4.78 is 38.7. The molecular formula is C11H11F3O2. The summed E-state index contributed by atoms with van der Waals surface area (Å²) >= 11 is 0. The lowest BCUT2D eigenvalue weighted by atomic mass is 9.92. The molecule has 1 aromatic carbocycles. The zero-order valence-electron chi connectivity index (χ0n) is 8.85. The van der Waals surface area contributed by atoms with Gasteiger partial charge in [0, 0.05) is 0 Å². The van der Waals surface area contributed by atoms with E-state index < -0.39 is 34.4 Å². The highest BCUT2D eigenvalue weighted by Crippen LogP contribution is 2.21. The van der Waals surface area contributed by atoms with Gasteiger partial charge in [-0.15, -0.1) is 0 Å². The smallest absolute Gasteiger partial charge is 0.197 e. The van der Waals surface area contributed by atoms with Crippen LogP contribution >= 0.6 is 0 Å². The van der Waals surface area contributed by atoms with Crippen molar-refractivity contribution in [1.29, 1.82) is 0 Å². The average Bonchev–Trinajstić information content (AvgIpc) is 2.25. The predicted octanol–water partition coefficient (Wildman–Crippen LogP) is 2.45. The zero-order chi connectivity index (χ0) is 12.5. The van der Waals surface area contributed by atoms with Crippen LogP contribution in [0.5, 0.6) is 0 Å². The van der Waals surface area contributed by atoms with Gasteiger partial charge in [0.25, 0.3) is 0 Å². The number of hydrogen-bond acceptors (Lipinski definition) is 2. The molecule has 0 radical (unpaired) electrons. The van der Waals surface area contributed by atoms with Gasteiger partial charge in [-0.05, 0) is 25.5 Å². The maximum absolute atomic E-state index is 13.2. The molecule has 16 heavy (non-hydrogen) atoms. The highest BCUT2D eigenvalue weighted by atomic mass is 19.2. The van der Waals surface area contributed by atoms with Crippen LogP contribution in [0.15, 0.2) is 12.1 Å². The number of Topliss-reactive ketones (excluding diaryl/α,β-unsaturated/α-hetero) is 1. The van der Waals surface area contributed by atoms with Crippen molar-refractivity contribution in [2.45, 2.75) is 25.9 Å². The molecule has 0 aliphatic carbocycles. The molecule has 2 nitrogen and oxygen atoms in total. The van der Waals surface area contributed by atoms with E-state index in [-0.39, 0.29) is 6.42 Å². The van der Waals surface area contributed by atoms with E-state index >= 15 is 0 Å². The number of benzene rings is 1. The van der Waals surface area contributed by atoms with E-state index in [1.54, 1.807) is 0 Å². The maximum atomic E-state index is 13.2. The van der Waals surface area contributed by atoms with Gasteiger partial charge >= 0.3 is 0 Å². The van der Waals surface area contributed by atoms with E-state index in [1.165, 1.54) is 13.8 Å². The minimum Gasteiger partial charge on any atom is -0.382 e. The molecule has 0 aliphatic rings. The van der Waals surface area contributed by atoms with Gasteiger partial charge in [-0.3, -0.25) is 4.79 Å². The van der Waals surface area contributed by atoms with Gasteiger partial charge in [-0.2, -0.15) is 0 Å². The lowest BCUT2D eigenvalue weighted by Crippen LogP contribution is -2.35. The first kappa shape index (κ1) is 12.7. The molecule has 0 aromatic heterocycles. The largest absolute Gasteiger partial charge is 0.382 e. The van der Waals surface area contributed by atoms with Crippen LogP contribution in [0.3, 0.4) is 0 Å². The Morgan fingerprint density at radius 1 is 1.31 bits per heavy atom. The summed E-state index contributed by atoms with van der Waals surface area (Å²) in [5, 5.41) is 9.60. The standard InChI is InChI=1S/C11H11F3O2/c1-3-11(2,16)10(15)6-4-5-7(12)9(14)8(6)13/h4-5,16H,3H2,1-2H3. The Morgan fingerprint density at radius 2 is 1.88 bits per heavy atom. The normalized spacial score (nSPS) is 14.6. The Morgan fingerprint density at radius 3 is 2.38 bits per heavy atom. The second-order valence-corrected chi connectivity index (χ2v) is 3.68. The monoisotopic (exact) mass is 232 g/mol. The predicted molar refractivity (Wildman–Crippen MR) is 51.6 cm³/mol. The number of ketones is 1. The van der Waals surface area contributed by atoms with Crippen molar-refractivity contribution in [2.24, 2.45) is 0 Å². The quantitative estimate of drug-likeness (QED) is 0.642. The SMILES string of the molecule is CCC(C)(O)C(=O)c1ccc(F)c(F)c1F. The molecule has 0 aliphatic heterocycles. The molecule has 0 saturated heterocycles. The molecular weight excluding hydrogens is 221 g/mol. The molecule has 5 heteroatoms. The molecule has 1 atom stereocenters. The minimum absolute atomic E-state index is 0.0459. The fourth-order valence-corrected chi connectivity index (χ4v) is 1.15. The number of carbonyl (C=O) groups is 1. The van der Waals surface area contributed by atoms with Crippen LogP contribution < -0.4 is 0 Å². The van der Waals surface area contributed by atoms with Crippen LogP contribution in [0.1, 0.15) is 30.6 Å².